The zero-order valence-electron chi connectivity index (χ0n) is 20.7. The van der Waals surface area contributed by atoms with E-state index in [2.05, 4.69) is 34.3 Å². The molecule has 1 aliphatic rings. The zero-order chi connectivity index (χ0) is 26.3. The SMILES string of the molecule is CCN1C(=O)/C(=C\c2ccc(N(c3ccccc3)c3ccccc3)cc2)OC1=NOC(=O)c1ccccc1. The van der Waals surface area contributed by atoms with Crippen LogP contribution in [0.15, 0.2) is 126 Å². The van der Waals surface area contributed by atoms with Crippen molar-refractivity contribution < 1.29 is 19.2 Å². The Balaban J connectivity index is 1.37. The number of nitrogens with zero attached hydrogens (tertiary/aromatic N) is 3. The first-order valence-corrected chi connectivity index (χ1v) is 12.2. The molecule has 188 valence electrons. The molecule has 5 rings (SSSR count). The van der Waals surface area contributed by atoms with Crippen LogP contribution in [0.3, 0.4) is 0 Å². The molecule has 4 aromatic rings. The Morgan fingerprint density at radius 1 is 0.816 bits per heavy atom. The van der Waals surface area contributed by atoms with E-state index in [1.165, 1.54) is 4.90 Å². The molecule has 1 amide bonds. The first-order valence-electron chi connectivity index (χ1n) is 12.2. The first-order chi connectivity index (χ1) is 18.6. The number of benzene rings is 4. The second kappa shape index (κ2) is 11.3. The van der Waals surface area contributed by atoms with Crippen molar-refractivity contribution in [1.82, 2.24) is 4.90 Å². The predicted molar refractivity (Wildman–Crippen MR) is 147 cm³/mol. The fraction of sp³-hybridized carbons (Fsp3) is 0.0645. The largest absolute Gasteiger partial charge is 0.418 e. The lowest BCUT2D eigenvalue weighted by Crippen LogP contribution is -2.29. The number of ether oxygens (including phenoxy) is 1. The molecule has 1 heterocycles. The van der Waals surface area contributed by atoms with E-state index in [-0.39, 0.29) is 17.7 Å². The number of amides is 1. The van der Waals surface area contributed by atoms with Crippen LogP contribution in [0.5, 0.6) is 0 Å². The van der Waals surface area contributed by atoms with Crippen LogP contribution < -0.4 is 4.90 Å². The average molecular weight is 504 g/mol. The number of hydrogen-bond donors (Lipinski definition) is 0. The summed E-state index contributed by atoms with van der Waals surface area (Å²) in [6.07, 6.45) is 1.64. The fourth-order valence-electron chi connectivity index (χ4n) is 4.03. The van der Waals surface area contributed by atoms with E-state index in [0.717, 1.165) is 22.6 Å². The number of hydrogen-bond acceptors (Lipinski definition) is 6. The van der Waals surface area contributed by atoms with E-state index in [1.54, 1.807) is 43.3 Å². The van der Waals surface area contributed by atoms with Gasteiger partial charge < -0.3 is 14.5 Å². The Kier molecular flexibility index (Phi) is 7.27. The average Bonchev–Trinajstić information content (AvgIpc) is 3.28. The summed E-state index contributed by atoms with van der Waals surface area (Å²) >= 11 is 0. The number of para-hydroxylation sites is 2. The molecule has 0 unspecified atom stereocenters. The van der Waals surface area contributed by atoms with Gasteiger partial charge in [0.1, 0.15) is 0 Å². The summed E-state index contributed by atoms with van der Waals surface area (Å²) < 4.78 is 5.68. The highest BCUT2D eigenvalue weighted by atomic mass is 16.7. The van der Waals surface area contributed by atoms with Gasteiger partial charge in [-0.05, 0) is 72.2 Å². The fourth-order valence-corrected chi connectivity index (χ4v) is 4.03. The molecule has 4 aromatic carbocycles. The lowest BCUT2D eigenvalue weighted by molar-refractivity contribution is -0.122. The number of anilines is 3. The van der Waals surface area contributed by atoms with E-state index < -0.39 is 5.97 Å². The van der Waals surface area contributed by atoms with Crippen LogP contribution in [-0.2, 0) is 14.4 Å². The highest BCUT2D eigenvalue weighted by Crippen LogP contribution is 2.34. The Labute approximate surface area is 220 Å². The molecule has 1 aliphatic heterocycles. The molecule has 0 aliphatic carbocycles. The van der Waals surface area contributed by atoms with Crippen molar-refractivity contribution in [3.05, 3.63) is 132 Å². The summed E-state index contributed by atoms with van der Waals surface area (Å²) in [6.45, 7) is 2.09. The Bertz CT molecular complexity index is 1430. The Morgan fingerprint density at radius 3 is 1.89 bits per heavy atom. The van der Waals surface area contributed by atoms with Gasteiger partial charge in [-0.2, -0.15) is 0 Å². The number of carbonyl (C=O) groups excluding carboxylic acids is 2. The van der Waals surface area contributed by atoms with Gasteiger partial charge in [0, 0.05) is 23.6 Å². The molecule has 0 radical (unpaired) electrons. The third-order valence-corrected chi connectivity index (χ3v) is 5.90. The molecular formula is C31H25N3O4. The molecule has 0 spiro atoms. The van der Waals surface area contributed by atoms with Gasteiger partial charge in [-0.3, -0.25) is 9.69 Å². The van der Waals surface area contributed by atoms with Gasteiger partial charge in [0.25, 0.3) is 5.91 Å². The van der Waals surface area contributed by atoms with Crippen LogP contribution in [-0.4, -0.2) is 29.3 Å². The molecule has 0 N–H and O–H groups in total. The number of oxime groups is 1. The maximum Gasteiger partial charge on any atom is 0.365 e. The van der Waals surface area contributed by atoms with Crippen molar-refractivity contribution >= 4 is 41.0 Å². The van der Waals surface area contributed by atoms with Gasteiger partial charge in [0.15, 0.2) is 5.76 Å². The summed E-state index contributed by atoms with van der Waals surface area (Å²) in [7, 11) is 0. The van der Waals surface area contributed by atoms with E-state index in [0.29, 0.717) is 12.1 Å². The van der Waals surface area contributed by atoms with Crippen LogP contribution in [0.2, 0.25) is 0 Å². The van der Waals surface area contributed by atoms with E-state index in [4.69, 9.17) is 9.57 Å². The number of amidine groups is 1. The van der Waals surface area contributed by atoms with Crippen LogP contribution in [0.25, 0.3) is 6.08 Å². The highest BCUT2D eigenvalue weighted by Gasteiger charge is 2.34. The standard InChI is InChI=1S/C31H25N3O4/c1-2-33-29(35)28(37-31(33)32-38-30(36)24-12-6-3-7-13-24)22-23-18-20-27(21-19-23)34(25-14-8-4-9-15-25)26-16-10-5-11-17-26/h3-22H,2H2,1H3/b28-22+,32-31?. The van der Waals surface area contributed by atoms with E-state index >= 15 is 0 Å². The predicted octanol–water partition coefficient (Wildman–Crippen LogP) is 6.50. The van der Waals surface area contributed by atoms with E-state index in [9.17, 15) is 9.59 Å². The van der Waals surface area contributed by atoms with Crippen molar-refractivity contribution in [2.75, 3.05) is 11.4 Å². The van der Waals surface area contributed by atoms with Crippen molar-refractivity contribution in [2.45, 2.75) is 6.92 Å². The second-order valence-corrected chi connectivity index (χ2v) is 8.38. The Morgan fingerprint density at radius 2 is 1.34 bits per heavy atom. The van der Waals surface area contributed by atoms with Gasteiger partial charge in [-0.15, -0.1) is 0 Å². The zero-order valence-corrected chi connectivity index (χ0v) is 20.7. The summed E-state index contributed by atoms with van der Waals surface area (Å²) in [4.78, 5) is 33.6. The molecule has 0 aromatic heterocycles. The maximum atomic E-state index is 12.9. The quantitative estimate of drug-likeness (QED) is 0.163. The van der Waals surface area contributed by atoms with Crippen molar-refractivity contribution in [2.24, 2.45) is 5.16 Å². The molecule has 0 atom stereocenters. The monoisotopic (exact) mass is 503 g/mol. The van der Waals surface area contributed by atoms with Crippen molar-refractivity contribution in [3.8, 4) is 0 Å². The molecular weight excluding hydrogens is 478 g/mol. The summed E-state index contributed by atoms with van der Waals surface area (Å²) in [5, 5.41) is 3.80. The number of likely N-dealkylation sites (N-methyl/N-ethyl adjacent to an activating group) is 1. The lowest BCUT2D eigenvalue weighted by atomic mass is 10.1. The van der Waals surface area contributed by atoms with Gasteiger partial charge in [-0.25, -0.2) is 4.79 Å². The number of carbonyl (C=O) groups is 2. The van der Waals surface area contributed by atoms with Crippen molar-refractivity contribution in [1.29, 1.82) is 0 Å². The summed E-state index contributed by atoms with van der Waals surface area (Å²) in [5.41, 5.74) is 4.15. The van der Waals surface area contributed by atoms with Crippen molar-refractivity contribution in [3.63, 3.8) is 0 Å². The van der Waals surface area contributed by atoms with Crippen LogP contribution in [0.4, 0.5) is 17.1 Å². The minimum Gasteiger partial charge on any atom is -0.418 e. The van der Waals surface area contributed by atoms with Gasteiger partial charge in [0.05, 0.1) is 5.56 Å². The molecule has 1 saturated heterocycles. The van der Waals surface area contributed by atoms with E-state index in [1.807, 2.05) is 60.7 Å². The van der Waals surface area contributed by atoms with Gasteiger partial charge in [0.2, 0.25) is 0 Å². The third kappa shape index (κ3) is 5.32. The van der Waals surface area contributed by atoms with Gasteiger partial charge >= 0.3 is 12.0 Å². The van der Waals surface area contributed by atoms with Crippen LogP contribution in [0, 0.1) is 0 Å². The summed E-state index contributed by atoms with van der Waals surface area (Å²) in [6, 6.07) is 36.4. The summed E-state index contributed by atoms with van der Waals surface area (Å²) in [5.74, 6) is -0.905. The molecule has 0 saturated carbocycles. The maximum absolute atomic E-state index is 12.9. The number of rotatable bonds is 7. The minimum atomic E-state index is -0.639. The molecule has 1 fully saturated rings. The first kappa shape index (κ1) is 24.5. The smallest absolute Gasteiger partial charge is 0.365 e. The minimum absolute atomic E-state index is 0.0796. The van der Waals surface area contributed by atoms with Crippen LogP contribution in [0.1, 0.15) is 22.8 Å². The Hall–Kier alpha value is -5.17. The molecule has 0 bridgehead atoms. The highest BCUT2D eigenvalue weighted by molar-refractivity contribution is 6.11. The normalized spacial score (nSPS) is 15.0. The third-order valence-electron chi connectivity index (χ3n) is 5.90. The van der Waals surface area contributed by atoms with Crippen LogP contribution >= 0.6 is 0 Å². The second-order valence-electron chi connectivity index (χ2n) is 8.38. The molecule has 7 nitrogen and oxygen atoms in total. The van der Waals surface area contributed by atoms with Gasteiger partial charge in [-0.1, -0.05) is 66.7 Å². The molecule has 38 heavy (non-hydrogen) atoms. The lowest BCUT2D eigenvalue weighted by Gasteiger charge is -2.25. The topological polar surface area (TPSA) is 71.4 Å². The molecule has 7 heteroatoms.